The number of hydrogen-bond donors (Lipinski definition) is 0. The molecule has 1 fully saturated rings. The van der Waals surface area contributed by atoms with Gasteiger partial charge in [-0.05, 0) is 36.8 Å². The molecule has 1 aliphatic heterocycles. The Labute approximate surface area is 168 Å². The van der Waals surface area contributed by atoms with E-state index < -0.39 is 0 Å². The quantitative estimate of drug-likeness (QED) is 0.637. The van der Waals surface area contributed by atoms with Crippen LogP contribution in [-0.2, 0) is 0 Å². The molecule has 142 valence electrons. The molecule has 7 heteroatoms. The number of nitrogens with zero attached hydrogens (tertiary/aromatic N) is 5. The van der Waals surface area contributed by atoms with Crippen LogP contribution in [0.3, 0.4) is 0 Å². The molecule has 0 bridgehead atoms. The van der Waals surface area contributed by atoms with Crippen molar-refractivity contribution in [2.75, 3.05) is 31.1 Å². The largest absolute Gasteiger partial charge is 0.352 e. The molecule has 0 radical (unpaired) electrons. The van der Waals surface area contributed by atoms with E-state index in [1.54, 1.807) is 12.1 Å². The van der Waals surface area contributed by atoms with Gasteiger partial charge in [0.2, 0.25) is 0 Å². The summed E-state index contributed by atoms with van der Waals surface area (Å²) in [7, 11) is 0. The molecule has 1 aromatic carbocycles. The van der Waals surface area contributed by atoms with Crippen molar-refractivity contribution in [3.8, 4) is 11.3 Å². The van der Waals surface area contributed by atoms with Gasteiger partial charge in [0.05, 0.1) is 11.3 Å². The molecule has 0 N–H and O–H groups in total. The zero-order valence-electron chi connectivity index (χ0n) is 15.5. The van der Waals surface area contributed by atoms with Crippen molar-refractivity contribution in [1.82, 2.24) is 20.1 Å². The predicted octanol–water partition coefficient (Wildman–Crippen LogP) is 3.46. The smallest absolute Gasteiger partial charge is 0.255 e. The highest BCUT2D eigenvalue weighted by Gasteiger charge is 2.23. The fourth-order valence-corrected chi connectivity index (χ4v) is 3.43. The van der Waals surface area contributed by atoms with E-state index in [-0.39, 0.29) is 5.91 Å². The Morgan fingerprint density at radius 2 is 1.75 bits per heavy atom. The maximum absolute atomic E-state index is 12.6. The van der Waals surface area contributed by atoms with Gasteiger partial charge in [-0.1, -0.05) is 35.9 Å². The number of benzene rings is 1. The number of amides is 1. The van der Waals surface area contributed by atoms with Crippen LogP contribution in [0.15, 0.2) is 54.7 Å². The lowest BCUT2D eigenvalue weighted by atomic mass is 10.1. The molecule has 28 heavy (non-hydrogen) atoms. The summed E-state index contributed by atoms with van der Waals surface area (Å²) in [5.41, 5.74) is 3.69. The summed E-state index contributed by atoms with van der Waals surface area (Å²) in [6.45, 7) is 4.75. The second-order valence-electron chi connectivity index (χ2n) is 6.74. The van der Waals surface area contributed by atoms with Crippen molar-refractivity contribution in [1.29, 1.82) is 0 Å². The number of rotatable bonds is 3. The Hall–Kier alpha value is -2.99. The lowest BCUT2D eigenvalue weighted by Gasteiger charge is -2.35. The van der Waals surface area contributed by atoms with Crippen LogP contribution in [0.5, 0.6) is 0 Å². The highest BCUT2D eigenvalue weighted by Crippen LogP contribution is 2.22. The number of aromatic nitrogens is 3. The normalized spacial score (nSPS) is 14.2. The van der Waals surface area contributed by atoms with E-state index >= 15 is 0 Å². The van der Waals surface area contributed by atoms with Gasteiger partial charge < -0.3 is 9.80 Å². The van der Waals surface area contributed by atoms with E-state index in [2.05, 4.69) is 39.1 Å². The Morgan fingerprint density at radius 3 is 2.39 bits per heavy atom. The first-order chi connectivity index (χ1) is 13.6. The molecule has 3 aromatic rings. The first-order valence-electron chi connectivity index (χ1n) is 9.17. The summed E-state index contributed by atoms with van der Waals surface area (Å²) in [6, 6.07) is 15.5. The van der Waals surface area contributed by atoms with E-state index in [0.717, 1.165) is 17.1 Å². The van der Waals surface area contributed by atoms with Crippen LogP contribution in [0.25, 0.3) is 11.3 Å². The van der Waals surface area contributed by atoms with Gasteiger partial charge in [-0.15, -0.1) is 10.2 Å². The second kappa shape index (κ2) is 7.94. The zero-order chi connectivity index (χ0) is 19.5. The van der Waals surface area contributed by atoms with Crippen molar-refractivity contribution in [3.63, 3.8) is 0 Å². The van der Waals surface area contributed by atoms with Crippen molar-refractivity contribution >= 4 is 23.3 Å². The van der Waals surface area contributed by atoms with Crippen molar-refractivity contribution in [2.45, 2.75) is 6.92 Å². The average molecular weight is 394 g/mol. The number of carbonyl (C=O) groups is 1. The fourth-order valence-electron chi connectivity index (χ4n) is 3.32. The Bertz CT molecular complexity index is 967. The molecule has 4 rings (SSSR count). The summed E-state index contributed by atoms with van der Waals surface area (Å²) < 4.78 is 0. The van der Waals surface area contributed by atoms with E-state index in [0.29, 0.717) is 36.9 Å². The van der Waals surface area contributed by atoms with Crippen LogP contribution in [0.2, 0.25) is 5.15 Å². The van der Waals surface area contributed by atoms with Crippen molar-refractivity contribution in [3.05, 3.63) is 71.0 Å². The number of halogens is 1. The van der Waals surface area contributed by atoms with Gasteiger partial charge in [-0.2, -0.15) is 0 Å². The molecule has 6 nitrogen and oxygen atoms in total. The maximum Gasteiger partial charge on any atom is 0.255 e. The fraction of sp³-hybridized carbons (Fsp3) is 0.238. The van der Waals surface area contributed by atoms with Crippen LogP contribution >= 0.6 is 11.6 Å². The van der Waals surface area contributed by atoms with Gasteiger partial charge in [0.15, 0.2) is 5.82 Å². The third kappa shape index (κ3) is 3.82. The molecule has 0 saturated carbocycles. The number of piperazine rings is 1. The minimum absolute atomic E-state index is 0.0233. The molecule has 0 atom stereocenters. The second-order valence-corrected chi connectivity index (χ2v) is 7.13. The minimum atomic E-state index is -0.0233. The molecule has 0 unspecified atom stereocenters. The lowest BCUT2D eigenvalue weighted by Crippen LogP contribution is -2.49. The number of aryl methyl sites for hydroxylation is 1. The van der Waals surface area contributed by atoms with Gasteiger partial charge in [-0.3, -0.25) is 4.79 Å². The monoisotopic (exact) mass is 393 g/mol. The number of carbonyl (C=O) groups excluding carboxylic acids is 1. The summed E-state index contributed by atoms with van der Waals surface area (Å²) >= 11 is 5.79. The van der Waals surface area contributed by atoms with E-state index in [1.165, 1.54) is 11.8 Å². The van der Waals surface area contributed by atoms with Gasteiger partial charge in [0.1, 0.15) is 5.15 Å². The Balaban J connectivity index is 1.40. The standard InChI is InChI=1S/C21H20ClN5O/c1-15-4-2-3-5-17(15)18-7-9-20(25-24-18)26-10-12-27(13-11-26)21(28)16-6-8-19(22)23-14-16/h2-9,14H,10-13H2,1H3. The maximum atomic E-state index is 12.6. The third-order valence-electron chi connectivity index (χ3n) is 4.94. The molecule has 1 amide bonds. The summed E-state index contributed by atoms with van der Waals surface area (Å²) in [5, 5.41) is 9.19. The SMILES string of the molecule is Cc1ccccc1-c1ccc(N2CCN(C(=O)c3ccc(Cl)nc3)CC2)nn1. The molecule has 0 spiro atoms. The first-order valence-corrected chi connectivity index (χ1v) is 9.55. The molecule has 1 aliphatic rings. The van der Waals surface area contributed by atoms with Crippen molar-refractivity contribution in [2.24, 2.45) is 0 Å². The molecule has 2 aromatic heterocycles. The van der Waals surface area contributed by atoms with Gasteiger partial charge in [0, 0.05) is 37.9 Å². The molecular formula is C21H20ClN5O. The highest BCUT2D eigenvalue weighted by atomic mass is 35.5. The highest BCUT2D eigenvalue weighted by molar-refractivity contribution is 6.29. The first kappa shape index (κ1) is 18.4. The van der Waals surface area contributed by atoms with Crippen LogP contribution in [0.1, 0.15) is 15.9 Å². The lowest BCUT2D eigenvalue weighted by molar-refractivity contribution is 0.0746. The number of hydrogen-bond acceptors (Lipinski definition) is 5. The average Bonchev–Trinajstić information content (AvgIpc) is 2.74. The van der Waals surface area contributed by atoms with E-state index in [9.17, 15) is 4.79 Å². The van der Waals surface area contributed by atoms with Crippen LogP contribution in [0.4, 0.5) is 5.82 Å². The third-order valence-corrected chi connectivity index (χ3v) is 5.16. The molecular weight excluding hydrogens is 374 g/mol. The Morgan fingerprint density at radius 1 is 0.964 bits per heavy atom. The molecule has 3 heterocycles. The zero-order valence-corrected chi connectivity index (χ0v) is 16.3. The summed E-state index contributed by atoms with van der Waals surface area (Å²) in [5.74, 6) is 0.808. The number of pyridine rings is 1. The number of anilines is 1. The van der Waals surface area contributed by atoms with E-state index in [1.807, 2.05) is 29.2 Å². The van der Waals surface area contributed by atoms with Gasteiger partial charge in [-0.25, -0.2) is 4.98 Å². The van der Waals surface area contributed by atoms with Crippen molar-refractivity contribution < 1.29 is 4.79 Å². The molecule has 1 saturated heterocycles. The minimum Gasteiger partial charge on any atom is -0.352 e. The van der Waals surface area contributed by atoms with E-state index in [4.69, 9.17) is 11.6 Å². The van der Waals surface area contributed by atoms with Crippen LogP contribution < -0.4 is 4.90 Å². The summed E-state index contributed by atoms with van der Waals surface area (Å²) in [6.07, 6.45) is 1.52. The van der Waals surface area contributed by atoms with Gasteiger partial charge in [0.25, 0.3) is 5.91 Å². The van der Waals surface area contributed by atoms with Gasteiger partial charge >= 0.3 is 0 Å². The Kier molecular flexibility index (Phi) is 5.21. The topological polar surface area (TPSA) is 62.2 Å². The molecule has 0 aliphatic carbocycles. The summed E-state index contributed by atoms with van der Waals surface area (Å²) in [4.78, 5) is 20.6. The predicted molar refractivity (Wildman–Crippen MR) is 110 cm³/mol. The van der Waals surface area contributed by atoms with Crippen LogP contribution in [0, 0.1) is 6.92 Å². The van der Waals surface area contributed by atoms with Crippen LogP contribution in [-0.4, -0.2) is 52.2 Å².